The number of piperazine rings is 1. The van der Waals surface area contributed by atoms with Crippen molar-refractivity contribution in [2.24, 2.45) is 0 Å². The quantitative estimate of drug-likeness (QED) is 0.368. The van der Waals surface area contributed by atoms with Crippen LogP contribution in [-0.2, 0) is 0 Å². The van der Waals surface area contributed by atoms with E-state index in [1.165, 1.54) is 6.07 Å². The largest absolute Gasteiger partial charge is 0.508 e. The van der Waals surface area contributed by atoms with E-state index >= 15 is 4.39 Å². The summed E-state index contributed by atoms with van der Waals surface area (Å²) in [6.45, 7) is 3.11. The molecule has 4 atom stereocenters. The normalized spacial score (nSPS) is 27.7. The van der Waals surface area contributed by atoms with Gasteiger partial charge in [-0.1, -0.05) is 12.1 Å². The van der Waals surface area contributed by atoms with E-state index in [2.05, 4.69) is 25.1 Å². The van der Waals surface area contributed by atoms with Gasteiger partial charge in [-0.15, -0.1) is 0 Å². The number of anilines is 1. The van der Waals surface area contributed by atoms with Crippen molar-refractivity contribution in [1.29, 1.82) is 0 Å². The minimum absolute atomic E-state index is 0.0341. The lowest BCUT2D eigenvalue weighted by atomic mass is 9.95. The van der Waals surface area contributed by atoms with Crippen molar-refractivity contribution < 1.29 is 18.6 Å². The number of aromatic nitrogens is 3. The summed E-state index contributed by atoms with van der Waals surface area (Å²) in [5.41, 5.74) is 1.18. The van der Waals surface area contributed by atoms with Crippen LogP contribution < -0.4 is 15.0 Å². The minimum Gasteiger partial charge on any atom is -0.508 e. The van der Waals surface area contributed by atoms with Gasteiger partial charge in [-0.25, -0.2) is 8.78 Å². The van der Waals surface area contributed by atoms with Crippen LogP contribution in [-0.4, -0.2) is 81.5 Å². The van der Waals surface area contributed by atoms with Gasteiger partial charge < -0.3 is 20.1 Å². The molecule has 4 aromatic rings. The molecule has 0 radical (unpaired) electrons. The summed E-state index contributed by atoms with van der Waals surface area (Å²) in [6.07, 6.45) is 5.31. The zero-order chi connectivity index (χ0) is 27.7. The monoisotopic (exact) mass is 558 g/mol. The van der Waals surface area contributed by atoms with Crippen molar-refractivity contribution in [3.05, 3.63) is 48.4 Å². The Balaban J connectivity index is 1.24. The number of phenolic OH excluding ortho intramolecular Hbond substituents is 1. The highest BCUT2D eigenvalue weighted by atomic mass is 19.1. The Morgan fingerprint density at radius 1 is 1.05 bits per heavy atom. The van der Waals surface area contributed by atoms with Gasteiger partial charge in [-0.3, -0.25) is 9.88 Å². The molecule has 41 heavy (non-hydrogen) atoms. The van der Waals surface area contributed by atoms with Crippen LogP contribution in [0.25, 0.3) is 32.9 Å². The molecule has 2 unspecified atom stereocenters. The molecular weight excluding hydrogens is 526 g/mol. The number of halogens is 2. The molecule has 212 valence electrons. The number of nitrogens with zero attached hydrogens (tertiary/aromatic N) is 5. The molecule has 4 saturated heterocycles. The van der Waals surface area contributed by atoms with Gasteiger partial charge >= 0.3 is 6.01 Å². The minimum atomic E-state index is -0.867. The molecule has 6 heterocycles. The fourth-order valence-corrected chi connectivity index (χ4v) is 7.64. The molecule has 2 aromatic heterocycles. The average molecular weight is 559 g/mol. The van der Waals surface area contributed by atoms with Crippen LogP contribution in [0.15, 0.2) is 42.6 Å². The highest BCUT2D eigenvalue weighted by molar-refractivity contribution is 5.99. The van der Waals surface area contributed by atoms with E-state index in [-0.39, 0.29) is 29.4 Å². The summed E-state index contributed by atoms with van der Waals surface area (Å²) in [5, 5.41) is 15.4. The molecule has 4 aliphatic heterocycles. The first-order valence-electron chi connectivity index (χ1n) is 14.6. The van der Waals surface area contributed by atoms with Crippen LogP contribution >= 0.6 is 0 Å². The zero-order valence-corrected chi connectivity index (χ0v) is 22.7. The maximum Gasteiger partial charge on any atom is 0.319 e. The third-order valence-corrected chi connectivity index (χ3v) is 9.49. The summed E-state index contributed by atoms with van der Waals surface area (Å²) in [6, 6.07) is 11.2. The maximum atomic E-state index is 16.6. The van der Waals surface area contributed by atoms with Gasteiger partial charge in [0.1, 0.15) is 29.9 Å². The number of benzene rings is 2. The van der Waals surface area contributed by atoms with Gasteiger partial charge in [-0.05, 0) is 56.5 Å². The second-order valence-electron chi connectivity index (χ2n) is 12.1. The summed E-state index contributed by atoms with van der Waals surface area (Å²) in [4.78, 5) is 18.3. The highest BCUT2D eigenvalue weighted by Crippen LogP contribution is 2.41. The number of rotatable bonds is 5. The van der Waals surface area contributed by atoms with E-state index in [0.717, 1.165) is 45.3 Å². The lowest BCUT2D eigenvalue weighted by molar-refractivity contribution is 0.107. The number of ether oxygens (including phenoxy) is 1. The van der Waals surface area contributed by atoms with Crippen molar-refractivity contribution in [2.75, 3.05) is 37.7 Å². The predicted octanol–water partition coefficient (Wildman–Crippen LogP) is 4.59. The third-order valence-electron chi connectivity index (χ3n) is 9.49. The van der Waals surface area contributed by atoms with Crippen molar-refractivity contribution in [1.82, 2.24) is 25.2 Å². The average Bonchev–Trinajstić information content (AvgIpc) is 3.61. The topological polar surface area (TPSA) is 86.6 Å². The number of hydrogen-bond donors (Lipinski definition) is 2. The van der Waals surface area contributed by atoms with E-state index in [1.54, 1.807) is 24.4 Å². The Hall–Kier alpha value is -3.63. The molecular formula is C31H32F2N6O2. The Morgan fingerprint density at radius 2 is 1.90 bits per heavy atom. The van der Waals surface area contributed by atoms with Crippen molar-refractivity contribution in [3.8, 4) is 22.9 Å². The molecule has 8 nitrogen and oxygen atoms in total. The predicted molar refractivity (Wildman–Crippen MR) is 153 cm³/mol. The van der Waals surface area contributed by atoms with E-state index in [1.807, 2.05) is 12.1 Å². The first-order valence-corrected chi connectivity index (χ1v) is 14.6. The van der Waals surface area contributed by atoms with Gasteiger partial charge in [-0.2, -0.15) is 9.97 Å². The standard InChI is InChI=1S/C31H32F2N6O2/c32-19-13-31(8-2-10-39(31)14-19)17-41-30-36-28-24(29(37-30)38-15-20-4-5-21(16-38)35-20)7-6-23(26(28)33)25-12-22(40)11-18-3-1-9-34-27(18)25/h1,3,6-7,9,11-12,19-21,35,40H,2,4-5,8,10,13-17H2/t19-,20?,21?,31+/m1/s1. The van der Waals surface area contributed by atoms with Crippen LogP contribution in [0.1, 0.15) is 32.1 Å². The van der Waals surface area contributed by atoms with Gasteiger partial charge in [0.2, 0.25) is 0 Å². The second kappa shape index (κ2) is 9.46. The number of phenols is 1. The van der Waals surface area contributed by atoms with Crippen LogP contribution in [0, 0.1) is 5.82 Å². The van der Waals surface area contributed by atoms with Crippen molar-refractivity contribution in [3.63, 3.8) is 0 Å². The van der Waals surface area contributed by atoms with Gasteiger partial charge in [0.05, 0.1) is 11.1 Å². The van der Waals surface area contributed by atoms with E-state index in [0.29, 0.717) is 58.3 Å². The molecule has 10 heteroatoms. The number of aromatic hydroxyl groups is 1. The SMILES string of the molecule is Oc1cc(-c2ccc3c(N4CC5CCC(C4)N5)nc(OC[C@@]45CCCN4C[C@H](F)C5)nc3c2F)c2ncccc2c1. The Labute approximate surface area is 236 Å². The Morgan fingerprint density at radius 3 is 2.76 bits per heavy atom. The Bertz CT molecular complexity index is 1660. The molecule has 0 aliphatic carbocycles. The molecule has 2 N–H and O–H groups in total. The zero-order valence-electron chi connectivity index (χ0n) is 22.7. The van der Waals surface area contributed by atoms with Crippen molar-refractivity contribution >= 4 is 27.6 Å². The van der Waals surface area contributed by atoms with Gasteiger partial charge in [0.25, 0.3) is 0 Å². The smallest absolute Gasteiger partial charge is 0.319 e. The number of alkyl halides is 1. The molecule has 4 fully saturated rings. The summed E-state index contributed by atoms with van der Waals surface area (Å²) < 4.78 is 37.2. The van der Waals surface area contributed by atoms with Crippen molar-refractivity contribution in [2.45, 2.75) is 55.9 Å². The Kier molecular flexibility index (Phi) is 5.79. The van der Waals surface area contributed by atoms with Gasteiger partial charge in [0, 0.05) is 66.2 Å². The molecule has 0 spiro atoms. The molecule has 8 rings (SSSR count). The van der Waals surface area contributed by atoms with Crippen LogP contribution in [0.2, 0.25) is 0 Å². The summed E-state index contributed by atoms with van der Waals surface area (Å²) in [7, 11) is 0. The number of pyridine rings is 1. The lowest BCUT2D eigenvalue weighted by Crippen LogP contribution is -2.51. The number of hydrogen-bond acceptors (Lipinski definition) is 8. The second-order valence-corrected chi connectivity index (χ2v) is 12.1. The first-order chi connectivity index (χ1) is 20.0. The van der Waals surface area contributed by atoms with E-state index in [9.17, 15) is 9.50 Å². The number of fused-ring (bicyclic) bond motifs is 5. The fraction of sp³-hybridized carbons (Fsp3) is 0.452. The third kappa shape index (κ3) is 4.18. The molecule has 2 aromatic carbocycles. The molecule has 0 amide bonds. The highest BCUT2D eigenvalue weighted by Gasteiger charge is 2.49. The van der Waals surface area contributed by atoms with Gasteiger partial charge in [0.15, 0.2) is 5.82 Å². The first kappa shape index (κ1) is 25.1. The van der Waals surface area contributed by atoms with Crippen LogP contribution in [0.4, 0.5) is 14.6 Å². The lowest BCUT2D eigenvalue weighted by Gasteiger charge is -2.34. The van der Waals surface area contributed by atoms with Crippen LogP contribution in [0.3, 0.4) is 0 Å². The maximum absolute atomic E-state index is 16.6. The fourth-order valence-electron chi connectivity index (χ4n) is 7.64. The molecule has 0 saturated carbocycles. The van der Waals surface area contributed by atoms with E-state index in [4.69, 9.17) is 9.72 Å². The van der Waals surface area contributed by atoms with E-state index < -0.39 is 12.0 Å². The molecule has 2 bridgehead atoms. The van der Waals surface area contributed by atoms with Crippen LogP contribution in [0.5, 0.6) is 11.8 Å². The number of nitrogens with one attached hydrogen (secondary N) is 1. The summed E-state index contributed by atoms with van der Waals surface area (Å²) in [5.74, 6) is 0.173. The molecule has 4 aliphatic rings. The summed E-state index contributed by atoms with van der Waals surface area (Å²) >= 11 is 0.